The van der Waals surface area contributed by atoms with Crippen molar-refractivity contribution in [3.63, 3.8) is 0 Å². The van der Waals surface area contributed by atoms with Gasteiger partial charge in [-0.05, 0) is 50.4 Å². The van der Waals surface area contributed by atoms with Gasteiger partial charge in [0.25, 0.3) is 0 Å². The Balaban J connectivity index is 1.73. The molecule has 0 amide bonds. The summed E-state index contributed by atoms with van der Waals surface area (Å²) in [6, 6.07) is 0. The zero-order valence-electron chi connectivity index (χ0n) is 12.4. The Morgan fingerprint density at radius 2 is 2.14 bits per heavy atom. The molecule has 0 saturated heterocycles. The van der Waals surface area contributed by atoms with E-state index < -0.39 is 22.9 Å². The molecule has 0 heterocycles. The molecule has 2 aliphatic carbocycles. The molecule has 0 bridgehead atoms. The molecule has 5 nitrogen and oxygen atoms in total. The van der Waals surface area contributed by atoms with Gasteiger partial charge in [-0.3, -0.25) is 9.00 Å². The predicted octanol–water partition coefficient (Wildman–Crippen LogP) is 0.910. The molecule has 2 saturated carbocycles. The third-order valence-electron chi connectivity index (χ3n) is 4.83. The van der Waals surface area contributed by atoms with Crippen LogP contribution in [0.1, 0.15) is 32.6 Å². The Hall–Kier alpha value is -0.750. The fourth-order valence-electron chi connectivity index (χ4n) is 3.90. The summed E-state index contributed by atoms with van der Waals surface area (Å²) in [5.41, 5.74) is 0. The second kappa shape index (κ2) is 7.49. The first-order chi connectivity index (χ1) is 10.0. The van der Waals surface area contributed by atoms with Crippen molar-refractivity contribution in [2.75, 3.05) is 18.1 Å². The van der Waals surface area contributed by atoms with E-state index in [1.807, 2.05) is 0 Å². The first kappa shape index (κ1) is 16.6. The quantitative estimate of drug-likeness (QED) is 0.558. The molecule has 0 aromatic heterocycles. The van der Waals surface area contributed by atoms with Gasteiger partial charge in [-0.15, -0.1) is 0 Å². The van der Waals surface area contributed by atoms with Crippen molar-refractivity contribution in [1.29, 1.82) is 0 Å². The topological polar surface area (TPSA) is 80.7 Å². The molecule has 6 heteroatoms. The minimum atomic E-state index is -1.17. The van der Waals surface area contributed by atoms with Crippen molar-refractivity contribution < 1.29 is 23.6 Å². The Morgan fingerprint density at radius 1 is 1.38 bits per heavy atom. The number of hydrogen-bond donors (Lipinski definition) is 1. The van der Waals surface area contributed by atoms with E-state index in [1.165, 1.54) is 0 Å². The minimum Gasteiger partial charge on any atom is -0.465 e. The van der Waals surface area contributed by atoms with Crippen molar-refractivity contribution in [2.45, 2.75) is 38.7 Å². The fourth-order valence-corrected chi connectivity index (χ4v) is 4.99. The number of esters is 1. The Labute approximate surface area is 127 Å². The van der Waals surface area contributed by atoms with Gasteiger partial charge in [-0.2, -0.15) is 0 Å². The normalized spacial score (nSPS) is 36.2. The summed E-state index contributed by atoms with van der Waals surface area (Å²) in [6.07, 6.45) is 3.90. The van der Waals surface area contributed by atoms with Gasteiger partial charge < -0.3 is 14.6 Å². The van der Waals surface area contributed by atoms with Gasteiger partial charge in [0.15, 0.2) is 0 Å². The van der Waals surface area contributed by atoms with Gasteiger partial charge in [0.05, 0.1) is 12.7 Å². The summed E-state index contributed by atoms with van der Waals surface area (Å²) in [7, 11) is -1.17. The highest BCUT2D eigenvalue weighted by molar-refractivity contribution is 7.85. The zero-order valence-corrected chi connectivity index (χ0v) is 13.2. The van der Waals surface area contributed by atoms with Crippen LogP contribution in [0.5, 0.6) is 0 Å². The van der Waals surface area contributed by atoms with Gasteiger partial charge in [0.2, 0.25) is 0 Å². The molecular formula is C15H24O5S. The molecule has 0 spiro atoms. The van der Waals surface area contributed by atoms with E-state index in [0.29, 0.717) is 30.1 Å². The maximum atomic E-state index is 11.8. The number of carbonyl (C=O) groups excluding carboxylic acids is 2. The molecular weight excluding hydrogens is 292 g/mol. The van der Waals surface area contributed by atoms with Crippen LogP contribution in [0.2, 0.25) is 0 Å². The lowest BCUT2D eigenvalue weighted by atomic mass is 9.91. The van der Waals surface area contributed by atoms with Crippen molar-refractivity contribution in [3.8, 4) is 0 Å². The minimum absolute atomic E-state index is 0.0247. The summed E-state index contributed by atoms with van der Waals surface area (Å²) in [5.74, 6) is 1.05. The third kappa shape index (κ3) is 4.13. The first-order valence-corrected chi connectivity index (χ1v) is 9.17. The number of aliphatic hydroxyl groups is 1. The van der Waals surface area contributed by atoms with Gasteiger partial charge in [0, 0.05) is 22.5 Å². The van der Waals surface area contributed by atoms with E-state index in [0.717, 1.165) is 32.0 Å². The van der Waals surface area contributed by atoms with Crippen molar-refractivity contribution >= 4 is 23.1 Å². The van der Waals surface area contributed by atoms with E-state index in [-0.39, 0.29) is 11.7 Å². The molecule has 1 N–H and O–H groups in total. The second-order valence-corrected chi connectivity index (χ2v) is 7.74. The van der Waals surface area contributed by atoms with E-state index in [2.05, 4.69) is 0 Å². The number of hydrogen-bond acceptors (Lipinski definition) is 5. The summed E-state index contributed by atoms with van der Waals surface area (Å²) in [6.45, 7) is 2.05. The lowest BCUT2D eigenvalue weighted by Gasteiger charge is -2.16. The maximum Gasteiger partial charge on any atom is 0.318 e. The Bertz CT molecular complexity index is 411. The molecule has 0 radical (unpaired) electrons. The Morgan fingerprint density at radius 3 is 2.81 bits per heavy atom. The number of fused-ring (bicyclic) bond motifs is 1. The van der Waals surface area contributed by atoms with E-state index in [9.17, 15) is 18.9 Å². The van der Waals surface area contributed by atoms with Gasteiger partial charge in [0.1, 0.15) is 12.0 Å². The highest BCUT2D eigenvalue weighted by Gasteiger charge is 2.47. The van der Waals surface area contributed by atoms with Crippen LogP contribution in [-0.2, 0) is 25.1 Å². The molecule has 0 aliphatic heterocycles. The highest BCUT2D eigenvalue weighted by atomic mass is 32.2. The molecule has 2 fully saturated rings. The van der Waals surface area contributed by atoms with Crippen LogP contribution in [0, 0.1) is 23.7 Å². The van der Waals surface area contributed by atoms with E-state index in [4.69, 9.17) is 4.74 Å². The van der Waals surface area contributed by atoms with Crippen LogP contribution < -0.4 is 0 Å². The predicted molar refractivity (Wildman–Crippen MR) is 79.0 cm³/mol. The lowest BCUT2D eigenvalue weighted by Crippen LogP contribution is -2.21. The SMILES string of the molecule is CCOC(=O)CS(=O)CCC1C[C@@H]2C[C@H](O)[C@@H](C=O)[C@@H]2C1. The largest absolute Gasteiger partial charge is 0.465 e. The third-order valence-corrected chi connectivity index (χ3v) is 6.07. The lowest BCUT2D eigenvalue weighted by molar-refractivity contribution is -0.139. The fraction of sp³-hybridized carbons (Fsp3) is 0.867. The van der Waals surface area contributed by atoms with Gasteiger partial charge in [-0.1, -0.05) is 0 Å². The highest BCUT2D eigenvalue weighted by Crippen LogP contribution is 2.50. The standard InChI is InChI=1S/C15H24O5S/c1-2-20-15(18)9-21(19)4-3-10-5-11-7-14(17)13(8-16)12(11)6-10/h8,10-14,17H,2-7,9H2,1H3/t10?,11-,12-,13+,14+,21?/m1/s1. The van der Waals surface area contributed by atoms with E-state index in [1.54, 1.807) is 6.92 Å². The number of ether oxygens (including phenoxy) is 1. The van der Waals surface area contributed by atoms with E-state index >= 15 is 0 Å². The molecule has 2 rings (SSSR count). The molecule has 21 heavy (non-hydrogen) atoms. The Kier molecular flexibility index (Phi) is 5.93. The molecule has 6 atom stereocenters. The van der Waals surface area contributed by atoms with Gasteiger partial charge >= 0.3 is 5.97 Å². The first-order valence-electron chi connectivity index (χ1n) is 7.69. The number of carbonyl (C=O) groups is 2. The monoisotopic (exact) mass is 316 g/mol. The van der Waals surface area contributed by atoms with Crippen molar-refractivity contribution in [1.82, 2.24) is 0 Å². The van der Waals surface area contributed by atoms with Crippen molar-refractivity contribution in [3.05, 3.63) is 0 Å². The van der Waals surface area contributed by atoms with Crippen LogP contribution in [-0.4, -0.2) is 45.8 Å². The molecule has 2 aliphatic rings. The molecule has 2 unspecified atom stereocenters. The van der Waals surface area contributed by atoms with Crippen LogP contribution in [0.25, 0.3) is 0 Å². The van der Waals surface area contributed by atoms with Crippen molar-refractivity contribution in [2.24, 2.45) is 23.7 Å². The number of aldehydes is 1. The van der Waals surface area contributed by atoms with Crippen LogP contribution in [0.4, 0.5) is 0 Å². The number of rotatable bonds is 7. The number of aliphatic hydroxyl groups excluding tert-OH is 1. The summed E-state index contributed by atoms with van der Waals surface area (Å²) >= 11 is 0. The molecule has 0 aromatic rings. The second-order valence-electron chi connectivity index (χ2n) is 6.16. The summed E-state index contributed by atoms with van der Waals surface area (Å²) in [4.78, 5) is 22.3. The van der Waals surface area contributed by atoms with Crippen LogP contribution in [0.15, 0.2) is 0 Å². The summed E-state index contributed by atoms with van der Waals surface area (Å²) in [5, 5.41) is 9.82. The summed E-state index contributed by atoms with van der Waals surface area (Å²) < 4.78 is 16.6. The smallest absolute Gasteiger partial charge is 0.318 e. The zero-order chi connectivity index (χ0) is 15.4. The van der Waals surface area contributed by atoms with Gasteiger partial charge in [-0.25, -0.2) is 0 Å². The average Bonchev–Trinajstić information content (AvgIpc) is 2.92. The maximum absolute atomic E-state index is 11.8. The average molecular weight is 316 g/mol. The molecule has 120 valence electrons. The van der Waals surface area contributed by atoms with Crippen LogP contribution in [0.3, 0.4) is 0 Å². The molecule has 0 aromatic carbocycles. The van der Waals surface area contributed by atoms with Crippen LogP contribution >= 0.6 is 0 Å².